The van der Waals surface area contributed by atoms with Gasteiger partial charge in [0.1, 0.15) is 0 Å². The Morgan fingerprint density at radius 3 is 1.36 bits per heavy atom. The second kappa shape index (κ2) is 12.1. The Hall–Kier alpha value is 1.06. The van der Waals surface area contributed by atoms with Crippen molar-refractivity contribution in [3.63, 3.8) is 0 Å². The normalized spacial score (nSPS) is 9.86. The minimum atomic E-state index is 0. The van der Waals surface area contributed by atoms with Gasteiger partial charge in [0.2, 0.25) is 0 Å². The molecule has 0 aliphatic carbocycles. The van der Waals surface area contributed by atoms with Crippen molar-refractivity contribution < 1.29 is 0 Å². The molecule has 0 N–H and O–H groups in total. The molecular formula is C12H27ClMg. The fourth-order valence-corrected chi connectivity index (χ4v) is 1.06. The molecule has 0 saturated carbocycles. The fraction of sp³-hybridized carbons (Fsp3) is 0.833. The van der Waals surface area contributed by atoms with Crippen LogP contribution in [0.5, 0.6) is 0 Å². The van der Waals surface area contributed by atoms with Gasteiger partial charge < -0.3 is 12.8 Å². The first kappa shape index (κ1) is 24.3. The average Bonchev–Trinajstić information content (AvgIpc) is 1.52. The molecule has 2 heteroatoms. The second-order valence-corrected chi connectivity index (χ2v) is 5.34. The van der Waals surface area contributed by atoms with Crippen LogP contribution in [0.1, 0.15) is 54.9 Å². The summed E-state index contributed by atoms with van der Waals surface area (Å²) in [5.74, 6) is 2.11. The zero-order valence-electron chi connectivity index (χ0n) is 11.1. The van der Waals surface area contributed by atoms with Gasteiger partial charge in [-0.1, -0.05) is 40.0 Å². The maximum absolute atomic E-state index is 3.64. The van der Waals surface area contributed by atoms with Gasteiger partial charge >= 0.3 is 23.1 Å². The number of rotatable bonds is 1. The van der Waals surface area contributed by atoms with E-state index in [0.29, 0.717) is 11.3 Å². The van der Waals surface area contributed by atoms with Crippen molar-refractivity contribution in [2.24, 2.45) is 11.3 Å². The second-order valence-electron chi connectivity index (χ2n) is 5.34. The van der Waals surface area contributed by atoms with Crippen LogP contribution < -0.4 is 0 Å². The molecule has 0 amide bonds. The maximum atomic E-state index is 3.64. The predicted molar refractivity (Wildman–Crippen MR) is 71.9 cm³/mol. The van der Waals surface area contributed by atoms with Gasteiger partial charge in [0.25, 0.3) is 0 Å². The van der Waals surface area contributed by atoms with Crippen LogP contribution in [0.25, 0.3) is 0 Å². The summed E-state index contributed by atoms with van der Waals surface area (Å²) in [6.45, 7) is 18.9. The van der Waals surface area contributed by atoms with Crippen LogP contribution in [0.3, 0.4) is 0 Å². The van der Waals surface area contributed by atoms with E-state index in [2.05, 4.69) is 55.4 Å². The molecule has 0 aliphatic rings. The number of halogens is 1. The summed E-state index contributed by atoms with van der Waals surface area (Å²) in [7, 11) is 0. The van der Waals surface area contributed by atoms with Gasteiger partial charge in [-0.15, -0.1) is 12.4 Å². The molecule has 0 fully saturated rings. The SMILES string of the molecule is C[C-](C)CC(C)(C)C.Cl.[CH2-]C(C)C.[Mg+2]. The van der Waals surface area contributed by atoms with Crippen LogP contribution in [0, 0.1) is 24.2 Å². The number of hydrogen-bond donors (Lipinski definition) is 0. The first-order valence-electron chi connectivity index (χ1n) is 4.77. The van der Waals surface area contributed by atoms with Gasteiger partial charge in [0.15, 0.2) is 0 Å². The van der Waals surface area contributed by atoms with E-state index in [9.17, 15) is 0 Å². The number of hydrogen-bond acceptors (Lipinski definition) is 0. The molecule has 0 unspecified atom stereocenters. The van der Waals surface area contributed by atoms with Crippen LogP contribution in [0.15, 0.2) is 0 Å². The molecule has 14 heavy (non-hydrogen) atoms. The predicted octanol–water partition coefficient (Wildman–Crippen LogP) is 4.55. The standard InChI is InChI=1S/C8H17.C4H9.ClH.Mg/c1-7(2)6-8(3,4)5;1-4(2)3;;/h6H2,1-5H3;4H,1H2,2-3H3;1H;/q2*-1;;+2. The third kappa shape index (κ3) is 51.7. The molecule has 0 atom stereocenters. The zero-order chi connectivity index (χ0) is 10.4. The third-order valence-electron chi connectivity index (χ3n) is 0.884. The quantitative estimate of drug-likeness (QED) is 0.458. The minimum Gasteiger partial charge on any atom is -0.341 e. The van der Waals surface area contributed by atoms with Crippen LogP contribution in [0.2, 0.25) is 0 Å². The van der Waals surface area contributed by atoms with E-state index in [1.54, 1.807) is 0 Å². The zero-order valence-corrected chi connectivity index (χ0v) is 13.3. The Labute approximate surface area is 114 Å². The Morgan fingerprint density at radius 1 is 1.14 bits per heavy atom. The summed E-state index contributed by atoms with van der Waals surface area (Å²) < 4.78 is 0. The maximum Gasteiger partial charge on any atom is 2.00 e. The van der Waals surface area contributed by atoms with E-state index >= 15 is 0 Å². The van der Waals surface area contributed by atoms with E-state index < -0.39 is 0 Å². The van der Waals surface area contributed by atoms with Gasteiger partial charge in [-0.3, -0.25) is 0 Å². The molecule has 0 aromatic carbocycles. The monoisotopic (exact) mass is 230 g/mol. The van der Waals surface area contributed by atoms with Gasteiger partial charge in [0, 0.05) is 0 Å². The van der Waals surface area contributed by atoms with Crippen molar-refractivity contribution in [2.45, 2.75) is 54.9 Å². The van der Waals surface area contributed by atoms with Crippen molar-refractivity contribution in [2.75, 3.05) is 0 Å². The molecular weight excluding hydrogens is 204 g/mol. The molecule has 84 valence electrons. The van der Waals surface area contributed by atoms with Gasteiger partial charge in [-0.25, -0.2) is 0 Å². The fourth-order valence-electron chi connectivity index (χ4n) is 1.06. The summed E-state index contributed by atoms with van der Waals surface area (Å²) in [5, 5.41) is 0. The third-order valence-corrected chi connectivity index (χ3v) is 0.884. The summed E-state index contributed by atoms with van der Waals surface area (Å²) >= 11 is 0. The van der Waals surface area contributed by atoms with Crippen molar-refractivity contribution >= 4 is 35.5 Å². The smallest absolute Gasteiger partial charge is 0.341 e. The summed E-state index contributed by atoms with van der Waals surface area (Å²) in [4.78, 5) is 0. The van der Waals surface area contributed by atoms with Gasteiger partial charge in [-0.2, -0.15) is 26.2 Å². The molecule has 0 spiro atoms. The first-order chi connectivity index (χ1) is 5.15. The van der Waals surface area contributed by atoms with Gasteiger partial charge in [-0.05, 0) is 0 Å². The summed E-state index contributed by atoms with van der Waals surface area (Å²) in [6, 6.07) is 0. The molecule has 0 aromatic rings. The topological polar surface area (TPSA) is 0 Å². The van der Waals surface area contributed by atoms with Crippen LogP contribution >= 0.6 is 12.4 Å². The molecule has 0 bridgehead atoms. The Bertz CT molecular complexity index is 90.2. The molecule has 0 aliphatic heterocycles. The van der Waals surface area contributed by atoms with Crippen molar-refractivity contribution in [1.82, 2.24) is 0 Å². The van der Waals surface area contributed by atoms with Gasteiger partial charge in [0.05, 0.1) is 0 Å². The average molecular weight is 231 g/mol. The summed E-state index contributed by atoms with van der Waals surface area (Å²) in [6.07, 6.45) is 1.24. The first-order valence-corrected chi connectivity index (χ1v) is 4.77. The van der Waals surface area contributed by atoms with Crippen molar-refractivity contribution in [3.05, 3.63) is 12.8 Å². The Morgan fingerprint density at radius 2 is 1.36 bits per heavy atom. The molecule has 0 heterocycles. The molecule has 0 rings (SSSR count). The molecule has 0 aromatic heterocycles. The minimum absolute atomic E-state index is 0. The Kier molecular flexibility index (Phi) is 21.1. The van der Waals surface area contributed by atoms with Crippen molar-refractivity contribution in [3.8, 4) is 0 Å². The summed E-state index contributed by atoms with van der Waals surface area (Å²) in [5.41, 5.74) is 0.485. The Balaban J connectivity index is -0.0000000733. The molecule has 0 radical (unpaired) electrons. The van der Waals surface area contributed by atoms with Crippen LogP contribution in [0.4, 0.5) is 0 Å². The van der Waals surface area contributed by atoms with E-state index in [1.807, 2.05) is 0 Å². The molecule has 0 saturated heterocycles. The van der Waals surface area contributed by atoms with E-state index in [1.165, 1.54) is 12.3 Å². The largest absolute Gasteiger partial charge is 2.00 e. The van der Waals surface area contributed by atoms with Crippen LogP contribution in [-0.2, 0) is 0 Å². The van der Waals surface area contributed by atoms with Crippen molar-refractivity contribution in [1.29, 1.82) is 0 Å². The van der Waals surface area contributed by atoms with E-state index in [-0.39, 0.29) is 35.5 Å². The van der Waals surface area contributed by atoms with E-state index in [0.717, 1.165) is 0 Å². The van der Waals surface area contributed by atoms with E-state index in [4.69, 9.17) is 0 Å². The molecule has 0 nitrogen and oxygen atoms in total. The van der Waals surface area contributed by atoms with Crippen LogP contribution in [-0.4, -0.2) is 23.1 Å².